The van der Waals surface area contributed by atoms with Crippen molar-refractivity contribution in [2.75, 3.05) is 20.6 Å². The van der Waals surface area contributed by atoms with Crippen LogP contribution in [0.1, 0.15) is 50.8 Å². The molecule has 1 N–H and O–H groups in total. The fourth-order valence-electron chi connectivity index (χ4n) is 2.64. The number of rotatable bonds is 7. The fourth-order valence-corrected chi connectivity index (χ4v) is 2.64. The second-order valence-corrected chi connectivity index (χ2v) is 6.08. The van der Waals surface area contributed by atoms with E-state index in [9.17, 15) is 8.78 Å². The van der Waals surface area contributed by atoms with Crippen LogP contribution >= 0.6 is 0 Å². The van der Waals surface area contributed by atoms with Gasteiger partial charge in [0.05, 0.1) is 6.04 Å². The minimum Gasteiger partial charge on any atom is -0.308 e. The van der Waals surface area contributed by atoms with E-state index in [4.69, 9.17) is 0 Å². The molecular weight excluding hydrogens is 270 g/mol. The van der Waals surface area contributed by atoms with E-state index < -0.39 is 17.7 Å². The zero-order valence-electron chi connectivity index (χ0n) is 14.1. The zero-order valence-corrected chi connectivity index (χ0v) is 14.1. The number of benzene rings is 1. The highest BCUT2D eigenvalue weighted by Gasteiger charge is 2.38. The second kappa shape index (κ2) is 7.32. The van der Waals surface area contributed by atoms with Crippen molar-refractivity contribution in [3.63, 3.8) is 0 Å². The van der Waals surface area contributed by atoms with E-state index in [-0.39, 0.29) is 11.1 Å². The number of nitrogens with zero attached hydrogens (tertiary/aromatic N) is 1. The normalized spacial score (nSPS) is 16.0. The van der Waals surface area contributed by atoms with Gasteiger partial charge in [-0.15, -0.1) is 0 Å². The first-order chi connectivity index (χ1) is 9.79. The predicted octanol–water partition coefficient (Wildman–Crippen LogP) is 4.04. The number of hydrogen-bond acceptors (Lipinski definition) is 2. The van der Waals surface area contributed by atoms with E-state index >= 15 is 0 Å². The summed E-state index contributed by atoms with van der Waals surface area (Å²) in [4.78, 5) is 2.04. The van der Waals surface area contributed by atoms with Gasteiger partial charge in [-0.3, -0.25) is 0 Å². The van der Waals surface area contributed by atoms with Crippen molar-refractivity contribution < 1.29 is 8.78 Å². The Balaban J connectivity index is 3.42. The SMILES string of the molecule is CCCNC(c1c(F)ccc(C)c1F)C(C)(CC)N(C)C. The van der Waals surface area contributed by atoms with E-state index in [0.29, 0.717) is 5.56 Å². The first kappa shape index (κ1) is 18.1. The molecule has 2 unspecified atom stereocenters. The summed E-state index contributed by atoms with van der Waals surface area (Å²) in [6, 6.07) is 2.46. The van der Waals surface area contributed by atoms with Crippen LogP contribution in [0.5, 0.6) is 0 Å². The fraction of sp³-hybridized carbons (Fsp3) is 0.647. The zero-order chi connectivity index (χ0) is 16.2. The second-order valence-electron chi connectivity index (χ2n) is 6.08. The van der Waals surface area contributed by atoms with Gasteiger partial charge < -0.3 is 10.2 Å². The predicted molar refractivity (Wildman–Crippen MR) is 84.5 cm³/mol. The lowest BCUT2D eigenvalue weighted by Crippen LogP contribution is -2.52. The first-order valence-electron chi connectivity index (χ1n) is 7.64. The maximum atomic E-state index is 14.6. The number of halogens is 2. The third kappa shape index (κ3) is 3.61. The van der Waals surface area contributed by atoms with Gasteiger partial charge in [0.15, 0.2) is 0 Å². The van der Waals surface area contributed by atoms with Gasteiger partial charge in [0.2, 0.25) is 0 Å². The summed E-state index contributed by atoms with van der Waals surface area (Å²) in [5, 5.41) is 3.35. The standard InChI is InChI=1S/C17H28F2N2/c1-7-11-20-16(17(4,8-2)21(5)6)14-13(18)10-9-12(3)15(14)19/h9-10,16,20H,7-8,11H2,1-6H3. The van der Waals surface area contributed by atoms with Crippen LogP contribution in [-0.4, -0.2) is 31.1 Å². The van der Waals surface area contributed by atoms with Gasteiger partial charge in [-0.25, -0.2) is 8.78 Å². The number of nitrogens with one attached hydrogen (secondary N) is 1. The van der Waals surface area contributed by atoms with Gasteiger partial charge in [-0.2, -0.15) is 0 Å². The molecule has 0 radical (unpaired) electrons. The topological polar surface area (TPSA) is 15.3 Å². The van der Waals surface area contributed by atoms with Gasteiger partial charge in [-0.05, 0) is 59.0 Å². The van der Waals surface area contributed by atoms with Crippen LogP contribution in [0.25, 0.3) is 0 Å². The Morgan fingerprint density at radius 2 is 1.86 bits per heavy atom. The highest BCUT2D eigenvalue weighted by Crippen LogP contribution is 2.36. The minimum absolute atomic E-state index is 0.154. The number of hydrogen-bond donors (Lipinski definition) is 1. The van der Waals surface area contributed by atoms with Crippen molar-refractivity contribution >= 4 is 0 Å². The summed E-state index contributed by atoms with van der Waals surface area (Å²) < 4.78 is 28.9. The van der Waals surface area contributed by atoms with E-state index in [1.165, 1.54) is 12.1 Å². The summed E-state index contributed by atoms with van der Waals surface area (Å²) >= 11 is 0. The van der Waals surface area contributed by atoms with Crippen LogP contribution in [0.2, 0.25) is 0 Å². The van der Waals surface area contributed by atoms with Gasteiger partial charge in [-0.1, -0.05) is 19.9 Å². The molecule has 0 aromatic heterocycles. The molecule has 120 valence electrons. The molecule has 1 aromatic rings. The molecule has 0 amide bonds. The van der Waals surface area contributed by atoms with Crippen molar-refractivity contribution in [3.05, 3.63) is 34.9 Å². The largest absolute Gasteiger partial charge is 0.308 e. The van der Waals surface area contributed by atoms with Crippen LogP contribution in [0.3, 0.4) is 0 Å². The Bertz CT molecular complexity index is 474. The van der Waals surface area contributed by atoms with Crippen molar-refractivity contribution in [1.82, 2.24) is 10.2 Å². The minimum atomic E-state index is -0.478. The lowest BCUT2D eigenvalue weighted by Gasteiger charge is -2.43. The first-order valence-corrected chi connectivity index (χ1v) is 7.64. The molecule has 0 heterocycles. The highest BCUT2D eigenvalue weighted by atomic mass is 19.1. The molecule has 0 aliphatic heterocycles. The number of likely N-dealkylation sites (N-methyl/N-ethyl adjacent to an activating group) is 1. The average Bonchev–Trinajstić information content (AvgIpc) is 2.45. The molecule has 0 aliphatic rings. The molecule has 0 bridgehead atoms. The Hall–Kier alpha value is -1.00. The molecule has 0 spiro atoms. The van der Waals surface area contributed by atoms with Crippen molar-refractivity contribution in [1.29, 1.82) is 0 Å². The van der Waals surface area contributed by atoms with E-state index in [2.05, 4.69) is 5.32 Å². The highest BCUT2D eigenvalue weighted by molar-refractivity contribution is 5.31. The molecule has 21 heavy (non-hydrogen) atoms. The molecule has 1 aromatic carbocycles. The molecule has 0 saturated heterocycles. The maximum Gasteiger partial charge on any atom is 0.133 e. The smallest absolute Gasteiger partial charge is 0.133 e. The summed E-state index contributed by atoms with van der Waals surface area (Å²) in [5.41, 5.74) is 0.262. The lowest BCUT2D eigenvalue weighted by molar-refractivity contribution is 0.109. The Morgan fingerprint density at radius 3 is 2.33 bits per heavy atom. The van der Waals surface area contributed by atoms with Crippen molar-refractivity contribution in [2.24, 2.45) is 0 Å². The van der Waals surface area contributed by atoms with E-state index in [1.54, 1.807) is 6.92 Å². The molecule has 4 heteroatoms. The van der Waals surface area contributed by atoms with Crippen molar-refractivity contribution in [3.8, 4) is 0 Å². The van der Waals surface area contributed by atoms with Crippen LogP contribution in [-0.2, 0) is 0 Å². The molecule has 2 nitrogen and oxygen atoms in total. The summed E-state index contributed by atoms with van der Waals surface area (Å²) in [5.74, 6) is -0.918. The quantitative estimate of drug-likeness (QED) is 0.817. The van der Waals surface area contributed by atoms with Crippen LogP contribution in [0, 0.1) is 18.6 Å². The van der Waals surface area contributed by atoms with Crippen LogP contribution in [0.15, 0.2) is 12.1 Å². The van der Waals surface area contributed by atoms with Crippen molar-refractivity contribution in [2.45, 2.75) is 52.1 Å². The Labute approximate surface area is 127 Å². The lowest BCUT2D eigenvalue weighted by atomic mass is 9.82. The molecule has 1 rings (SSSR count). The monoisotopic (exact) mass is 298 g/mol. The molecule has 0 aliphatic carbocycles. The van der Waals surface area contributed by atoms with Crippen LogP contribution in [0.4, 0.5) is 8.78 Å². The molecule has 2 atom stereocenters. The van der Waals surface area contributed by atoms with Gasteiger partial charge in [0, 0.05) is 11.1 Å². The third-order valence-corrected chi connectivity index (χ3v) is 4.57. The molecular formula is C17H28F2N2. The Morgan fingerprint density at radius 1 is 1.24 bits per heavy atom. The Kier molecular flexibility index (Phi) is 6.29. The summed E-state index contributed by atoms with van der Waals surface area (Å²) in [7, 11) is 3.91. The summed E-state index contributed by atoms with van der Waals surface area (Å²) in [6.07, 6.45) is 1.70. The summed E-state index contributed by atoms with van der Waals surface area (Å²) in [6.45, 7) is 8.54. The van der Waals surface area contributed by atoms with Gasteiger partial charge in [0.1, 0.15) is 11.6 Å². The van der Waals surface area contributed by atoms with Crippen LogP contribution < -0.4 is 5.32 Å². The van der Waals surface area contributed by atoms with E-state index in [1.807, 2.05) is 39.8 Å². The van der Waals surface area contributed by atoms with E-state index in [0.717, 1.165) is 19.4 Å². The average molecular weight is 298 g/mol. The van der Waals surface area contributed by atoms with Gasteiger partial charge >= 0.3 is 0 Å². The molecule has 0 saturated carbocycles. The van der Waals surface area contributed by atoms with Gasteiger partial charge in [0.25, 0.3) is 0 Å². The maximum absolute atomic E-state index is 14.6. The number of aryl methyl sites for hydroxylation is 1. The third-order valence-electron chi connectivity index (χ3n) is 4.57. The molecule has 0 fully saturated rings.